The minimum absolute atomic E-state index is 0.0208. The lowest BCUT2D eigenvalue weighted by molar-refractivity contribution is -0.123. The first-order valence-electron chi connectivity index (χ1n) is 8.11. The number of halogens is 1. The highest BCUT2D eigenvalue weighted by atomic mass is 35.5. The number of hydrogen-bond donors (Lipinski definition) is 1. The normalized spacial score (nSPS) is 16.5. The summed E-state index contributed by atoms with van der Waals surface area (Å²) in [4.78, 5) is 21.0. The Kier molecular flexibility index (Phi) is 5.77. The van der Waals surface area contributed by atoms with Gasteiger partial charge in [-0.1, -0.05) is 23.7 Å². The largest absolute Gasteiger partial charge is 0.381 e. The summed E-state index contributed by atoms with van der Waals surface area (Å²) in [6, 6.07) is 7.09. The Morgan fingerprint density at radius 1 is 1.25 bits per heavy atom. The maximum atomic E-state index is 12.5. The number of rotatable bonds is 5. The van der Waals surface area contributed by atoms with Crippen molar-refractivity contribution < 1.29 is 9.53 Å². The van der Waals surface area contributed by atoms with Crippen molar-refractivity contribution in [3.63, 3.8) is 0 Å². The van der Waals surface area contributed by atoms with Crippen LogP contribution >= 0.6 is 11.6 Å². The molecule has 1 aromatic carbocycles. The van der Waals surface area contributed by atoms with E-state index in [0.717, 1.165) is 31.6 Å². The maximum absolute atomic E-state index is 12.5. The lowest BCUT2D eigenvalue weighted by Crippen LogP contribution is -2.32. The molecule has 24 heavy (non-hydrogen) atoms. The van der Waals surface area contributed by atoms with Crippen LogP contribution < -0.4 is 5.32 Å². The van der Waals surface area contributed by atoms with E-state index in [0.29, 0.717) is 23.1 Å². The second-order valence-electron chi connectivity index (χ2n) is 5.94. The molecule has 0 aliphatic carbocycles. The number of aromatic nitrogens is 2. The number of nitrogens with zero attached hydrogens (tertiary/aromatic N) is 2. The summed E-state index contributed by atoms with van der Waals surface area (Å²) in [5.41, 5.74) is 1.64. The van der Waals surface area contributed by atoms with E-state index in [-0.39, 0.29) is 11.9 Å². The molecule has 6 heteroatoms. The van der Waals surface area contributed by atoms with Gasteiger partial charge in [-0.3, -0.25) is 14.8 Å². The number of carbonyl (C=O) groups is 1. The van der Waals surface area contributed by atoms with Crippen LogP contribution in [0, 0.1) is 5.92 Å². The molecule has 5 nitrogen and oxygen atoms in total. The van der Waals surface area contributed by atoms with E-state index >= 15 is 0 Å². The van der Waals surface area contributed by atoms with Crippen molar-refractivity contribution in [2.24, 2.45) is 5.92 Å². The zero-order valence-corrected chi connectivity index (χ0v) is 14.1. The fourth-order valence-corrected chi connectivity index (χ4v) is 3.00. The average molecular weight is 346 g/mol. The van der Waals surface area contributed by atoms with Gasteiger partial charge in [-0.2, -0.15) is 0 Å². The van der Waals surface area contributed by atoms with Gasteiger partial charge in [-0.25, -0.2) is 0 Å². The highest BCUT2D eigenvalue weighted by Gasteiger charge is 2.22. The van der Waals surface area contributed by atoms with Gasteiger partial charge in [0.1, 0.15) is 0 Å². The first-order valence-corrected chi connectivity index (χ1v) is 8.48. The molecule has 0 saturated carbocycles. The van der Waals surface area contributed by atoms with E-state index in [2.05, 4.69) is 15.3 Å². The van der Waals surface area contributed by atoms with Gasteiger partial charge in [-0.05, 0) is 36.5 Å². The van der Waals surface area contributed by atoms with Gasteiger partial charge in [0.05, 0.1) is 17.9 Å². The van der Waals surface area contributed by atoms with E-state index in [1.165, 1.54) is 0 Å². The zero-order chi connectivity index (χ0) is 16.8. The quantitative estimate of drug-likeness (QED) is 0.904. The average Bonchev–Trinajstić information content (AvgIpc) is 2.62. The summed E-state index contributed by atoms with van der Waals surface area (Å²) >= 11 is 5.97. The molecule has 0 bridgehead atoms. The third kappa shape index (κ3) is 4.52. The van der Waals surface area contributed by atoms with Crippen LogP contribution in [0.25, 0.3) is 0 Å². The van der Waals surface area contributed by atoms with Crippen LogP contribution in [0.15, 0.2) is 42.9 Å². The van der Waals surface area contributed by atoms with Crippen LogP contribution in [0.2, 0.25) is 5.02 Å². The Balaban J connectivity index is 1.74. The molecule has 1 atom stereocenters. The molecule has 3 rings (SSSR count). The molecule has 1 unspecified atom stereocenters. The van der Waals surface area contributed by atoms with Crippen molar-refractivity contribution in [2.75, 3.05) is 13.2 Å². The van der Waals surface area contributed by atoms with Crippen LogP contribution in [0.5, 0.6) is 0 Å². The molecule has 1 amide bonds. The molecule has 1 fully saturated rings. The van der Waals surface area contributed by atoms with Crippen molar-refractivity contribution in [3.05, 3.63) is 59.1 Å². The smallest absolute Gasteiger partial charge is 0.221 e. The Hall–Kier alpha value is -1.98. The summed E-state index contributed by atoms with van der Waals surface area (Å²) in [5.74, 6) is 0.402. The monoisotopic (exact) mass is 345 g/mol. The van der Waals surface area contributed by atoms with Crippen molar-refractivity contribution in [3.8, 4) is 0 Å². The summed E-state index contributed by atoms with van der Waals surface area (Å²) in [7, 11) is 0. The summed E-state index contributed by atoms with van der Waals surface area (Å²) in [6.45, 7) is 1.48. The second-order valence-corrected chi connectivity index (χ2v) is 6.38. The topological polar surface area (TPSA) is 64.1 Å². The van der Waals surface area contributed by atoms with Crippen LogP contribution in [-0.4, -0.2) is 29.1 Å². The Morgan fingerprint density at radius 3 is 2.67 bits per heavy atom. The number of amides is 1. The van der Waals surface area contributed by atoms with Crippen LogP contribution in [0.3, 0.4) is 0 Å². The minimum atomic E-state index is -0.330. The number of benzene rings is 1. The fourth-order valence-electron chi connectivity index (χ4n) is 2.88. The molecule has 0 radical (unpaired) electrons. The lowest BCUT2D eigenvalue weighted by Gasteiger charge is -2.23. The summed E-state index contributed by atoms with van der Waals surface area (Å²) in [6.07, 6.45) is 7.30. The number of ether oxygens (including phenoxy) is 1. The number of carbonyl (C=O) groups excluding carboxylic acids is 1. The van der Waals surface area contributed by atoms with Gasteiger partial charge in [0.25, 0.3) is 0 Å². The van der Waals surface area contributed by atoms with Crippen LogP contribution in [0.4, 0.5) is 0 Å². The third-order valence-electron chi connectivity index (χ3n) is 4.20. The van der Waals surface area contributed by atoms with Gasteiger partial charge in [-0.15, -0.1) is 0 Å². The molecule has 0 spiro atoms. The summed E-state index contributed by atoms with van der Waals surface area (Å²) in [5, 5.41) is 3.75. The van der Waals surface area contributed by atoms with Gasteiger partial charge in [0.15, 0.2) is 0 Å². The molecule has 1 aromatic heterocycles. The van der Waals surface area contributed by atoms with Crippen molar-refractivity contribution in [1.82, 2.24) is 15.3 Å². The Morgan fingerprint density at radius 2 is 2.00 bits per heavy atom. The van der Waals surface area contributed by atoms with Crippen LogP contribution in [-0.2, 0) is 9.53 Å². The predicted molar refractivity (Wildman–Crippen MR) is 91.6 cm³/mol. The first kappa shape index (κ1) is 16.9. The lowest BCUT2D eigenvalue weighted by atomic mass is 9.95. The van der Waals surface area contributed by atoms with E-state index < -0.39 is 0 Å². The van der Waals surface area contributed by atoms with E-state index in [9.17, 15) is 4.79 Å². The second kappa shape index (κ2) is 8.22. The molecular weight excluding hydrogens is 326 g/mol. The van der Waals surface area contributed by atoms with E-state index in [4.69, 9.17) is 16.3 Å². The number of nitrogens with one attached hydrogen (secondary N) is 1. The highest BCUT2D eigenvalue weighted by Crippen LogP contribution is 2.23. The van der Waals surface area contributed by atoms with Gasteiger partial charge >= 0.3 is 0 Å². The Labute approximate surface area is 146 Å². The molecule has 2 heterocycles. The zero-order valence-electron chi connectivity index (χ0n) is 13.3. The molecule has 2 aromatic rings. The van der Waals surface area contributed by atoms with Gasteiger partial charge < -0.3 is 10.1 Å². The summed E-state index contributed by atoms with van der Waals surface area (Å²) < 4.78 is 5.35. The van der Waals surface area contributed by atoms with E-state index in [1.54, 1.807) is 18.6 Å². The number of hydrogen-bond acceptors (Lipinski definition) is 4. The van der Waals surface area contributed by atoms with Gasteiger partial charge in [0, 0.05) is 37.1 Å². The fraction of sp³-hybridized carbons (Fsp3) is 0.389. The third-order valence-corrected chi connectivity index (χ3v) is 4.45. The van der Waals surface area contributed by atoms with Crippen LogP contribution in [0.1, 0.15) is 36.6 Å². The van der Waals surface area contributed by atoms with Gasteiger partial charge in [0.2, 0.25) is 5.91 Å². The molecule has 126 valence electrons. The Bertz CT molecular complexity index is 658. The SMILES string of the molecule is O=C(CC1CCOCC1)NC(c1ccc(Cl)cc1)c1cnccn1. The maximum Gasteiger partial charge on any atom is 0.221 e. The molecular formula is C18H20ClN3O2. The molecule has 1 aliphatic rings. The van der Waals surface area contributed by atoms with Crippen molar-refractivity contribution in [2.45, 2.75) is 25.3 Å². The minimum Gasteiger partial charge on any atom is -0.381 e. The first-order chi connectivity index (χ1) is 11.7. The standard InChI is InChI=1S/C18H20ClN3O2/c19-15-3-1-14(2-4-15)18(16-12-20-7-8-21-16)22-17(23)11-13-5-9-24-10-6-13/h1-4,7-8,12-13,18H,5-6,9-11H2,(H,22,23). The van der Waals surface area contributed by atoms with E-state index in [1.807, 2.05) is 24.3 Å². The molecule has 1 N–H and O–H groups in total. The van der Waals surface area contributed by atoms with Crippen molar-refractivity contribution in [1.29, 1.82) is 0 Å². The molecule has 1 aliphatic heterocycles. The predicted octanol–water partition coefficient (Wildman–Crippen LogP) is 3.15. The van der Waals surface area contributed by atoms with Crippen molar-refractivity contribution >= 4 is 17.5 Å². The molecule has 1 saturated heterocycles. The highest BCUT2D eigenvalue weighted by molar-refractivity contribution is 6.30.